The second kappa shape index (κ2) is 4.47. The summed E-state index contributed by atoms with van der Waals surface area (Å²) < 4.78 is 0. The number of carbonyl (C=O) groups excluding carboxylic acids is 2. The molecule has 1 aromatic rings. The van der Waals surface area contributed by atoms with Gasteiger partial charge in [-0.25, -0.2) is 0 Å². The van der Waals surface area contributed by atoms with E-state index in [-0.39, 0.29) is 1.43 Å². The van der Waals surface area contributed by atoms with Crippen molar-refractivity contribution in [2.24, 2.45) is 5.41 Å². The molecule has 0 atom stereocenters. The fraction of sp³-hybridized carbons (Fsp3) is 0.385. The fourth-order valence-corrected chi connectivity index (χ4v) is 1.17. The molecular formula is C13H19NO2. The van der Waals surface area contributed by atoms with E-state index in [2.05, 4.69) is 5.32 Å². The first-order valence-corrected chi connectivity index (χ1v) is 5.23. The molecule has 3 heteroatoms. The smallest absolute Gasteiger partial charge is 0.292 e. The van der Waals surface area contributed by atoms with Gasteiger partial charge in [0.1, 0.15) is 0 Å². The van der Waals surface area contributed by atoms with Crippen molar-refractivity contribution in [2.45, 2.75) is 27.7 Å². The van der Waals surface area contributed by atoms with Crippen LogP contribution in [0.5, 0.6) is 0 Å². The SMILES string of the molecule is Cc1ccc(NC(=O)C(=O)C(C)(C)C)cc1.[HH]. The summed E-state index contributed by atoms with van der Waals surface area (Å²) in [6, 6.07) is 7.33. The predicted molar refractivity (Wildman–Crippen MR) is 66.4 cm³/mol. The van der Waals surface area contributed by atoms with Crippen LogP contribution in [0.2, 0.25) is 0 Å². The number of rotatable bonds is 2. The number of benzene rings is 1. The van der Waals surface area contributed by atoms with Crippen LogP contribution in [-0.2, 0) is 9.59 Å². The minimum Gasteiger partial charge on any atom is -0.319 e. The van der Waals surface area contributed by atoms with Gasteiger partial charge in [-0.3, -0.25) is 9.59 Å². The molecule has 3 nitrogen and oxygen atoms in total. The highest BCUT2D eigenvalue weighted by Crippen LogP contribution is 2.16. The Morgan fingerprint density at radius 3 is 2.06 bits per heavy atom. The van der Waals surface area contributed by atoms with Gasteiger partial charge in [-0.2, -0.15) is 0 Å². The van der Waals surface area contributed by atoms with Crippen LogP contribution in [0.3, 0.4) is 0 Å². The molecule has 0 aliphatic heterocycles. The van der Waals surface area contributed by atoms with Crippen LogP contribution in [0.25, 0.3) is 0 Å². The van der Waals surface area contributed by atoms with Crippen molar-refractivity contribution >= 4 is 17.4 Å². The molecule has 0 aliphatic carbocycles. The first-order valence-electron chi connectivity index (χ1n) is 5.23. The number of carbonyl (C=O) groups is 2. The van der Waals surface area contributed by atoms with E-state index in [0.29, 0.717) is 5.69 Å². The van der Waals surface area contributed by atoms with Crippen LogP contribution in [0.15, 0.2) is 24.3 Å². The Hall–Kier alpha value is -1.64. The summed E-state index contributed by atoms with van der Waals surface area (Å²) >= 11 is 0. The highest BCUT2D eigenvalue weighted by Gasteiger charge is 2.27. The predicted octanol–water partition coefficient (Wildman–Crippen LogP) is 2.79. The Balaban J connectivity index is 0.00000256. The molecule has 0 radical (unpaired) electrons. The van der Waals surface area contributed by atoms with Gasteiger partial charge in [0.2, 0.25) is 5.78 Å². The van der Waals surface area contributed by atoms with E-state index < -0.39 is 17.1 Å². The summed E-state index contributed by atoms with van der Waals surface area (Å²) in [4.78, 5) is 23.2. The molecule has 16 heavy (non-hydrogen) atoms. The lowest BCUT2D eigenvalue weighted by atomic mass is 9.90. The molecule has 88 valence electrons. The van der Waals surface area contributed by atoms with Gasteiger partial charge in [0.15, 0.2) is 0 Å². The van der Waals surface area contributed by atoms with Gasteiger partial charge in [0, 0.05) is 12.5 Å². The first kappa shape index (κ1) is 12.4. The topological polar surface area (TPSA) is 46.2 Å². The minimum atomic E-state index is -0.644. The van der Waals surface area contributed by atoms with E-state index in [1.54, 1.807) is 32.9 Å². The lowest BCUT2D eigenvalue weighted by Crippen LogP contribution is -2.33. The normalized spacial score (nSPS) is 11.0. The van der Waals surface area contributed by atoms with E-state index in [4.69, 9.17) is 0 Å². The molecule has 0 aliphatic rings. The second-order valence-corrected chi connectivity index (χ2v) is 4.90. The summed E-state index contributed by atoms with van der Waals surface area (Å²) in [6.45, 7) is 7.14. The van der Waals surface area contributed by atoms with Crippen LogP contribution >= 0.6 is 0 Å². The Morgan fingerprint density at radius 1 is 1.12 bits per heavy atom. The van der Waals surface area contributed by atoms with Crippen LogP contribution < -0.4 is 5.32 Å². The monoisotopic (exact) mass is 221 g/mol. The summed E-state index contributed by atoms with van der Waals surface area (Å²) in [5.41, 5.74) is 1.11. The highest BCUT2D eigenvalue weighted by atomic mass is 16.2. The molecule has 0 fully saturated rings. The Kier molecular flexibility index (Phi) is 3.48. The average molecular weight is 221 g/mol. The molecule has 0 aromatic heterocycles. The number of anilines is 1. The second-order valence-electron chi connectivity index (χ2n) is 4.90. The number of amides is 1. The summed E-state index contributed by atoms with van der Waals surface area (Å²) in [5.74, 6) is -0.968. The van der Waals surface area contributed by atoms with Gasteiger partial charge in [-0.05, 0) is 19.1 Å². The Morgan fingerprint density at radius 2 is 1.62 bits per heavy atom. The number of hydrogen-bond acceptors (Lipinski definition) is 2. The summed E-state index contributed by atoms with van der Waals surface area (Å²) in [7, 11) is 0. The van der Waals surface area contributed by atoms with E-state index >= 15 is 0 Å². The highest BCUT2D eigenvalue weighted by molar-refractivity contribution is 6.42. The molecule has 1 N–H and O–H groups in total. The maximum absolute atomic E-state index is 11.6. The van der Waals surface area contributed by atoms with Gasteiger partial charge in [-0.1, -0.05) is 38.5 Å². The largest absolute Gasteiger partial charge is 0.319 e. The zero-order chi connectivity index (χ0) is 12.3. The number of ketones is 1. The Bertz CT molecular complexity index is 404. The number of nitrogens with one attached hydrogen (secondary N) is 1. The van der Waals surface area contributed by atoms with E-state index in [0.717, 1.165) is 5.56 Å². The first-order chi connectivity index (χ1) is 7.30. The molecule has 0 unspecified atom stereocenters. The summed E-state index contributed by atoms with van der Waals surface area (Å²) in [5, 5.41) is 2.59. The van der Waals surface area contributed by atoms with Gasteiger partial charge in [0.25, 0.3) is 5.91 Å². The maximum atomic E-state index is 11.6. The van der Waals surface area contributed by atoms with Crippen LogP contribution in [-0.4, -0.2) is 11.7 Å². The fourth-order valence-electron chi connectivity index (χ4n) is 1.17. The number of aryl methyl sites for hydroxylation is 1. The number of Topliss-reactive ketones (excluding diaryl/α,β-unsaturated/α-hetero) is 1. The van der Waals surface area contributed by atoms with E-state index in [1.807, 2.05) is 19.1 Å². The molecule has 0 saturated heterocycles. The lowest BCUT2D eigenvalue weighted by Gasteiger charge is -2.15. The van der Waals surface area contributed by atoms with Gasteiger partial charge >= 0.3 is 0 Å². The molecule has 0 heterocycles. The van der Waals surface area contributed by atoms with Crippen molar-refractivity contribution in [2.75, 3.05) is 5.32 Å². The molecule has 1 rings (SSSR count). The van der Waals surface area contributed by atoms with Gasteiger partial charge < -0.3 is 5.32 Å². The van der Waals surface area contributed by atoms with Gasteiger partial charge in [0.05, 0.1) is 0 Å². The molecule has 1 aromatic carbocycles. The molecule has 0 bridgehead atoms. The zero-order valence-electron chi connectivity index (χ0n) is 10.1. The minimum absolute atomic E-state index is 0. The van der Waals surface area contributed by atoms with Crippen molar-refractivity contribution in [1.29, 1.82) is 0 Å². The van der Waals surface area contributed by atoms with Crippen molar-refractivity contribution < 1.29 is 11.0 Å². The molecular weight excluding hydrogens is 202 g/mol. The van der Waals surface area contributed by atoms with Crippen molar-refractivity contribution in [3.8, 4) is 0 Å². The van der Waals surface area contributed by atoms with Gasteiger partial charge in [-0.15, -0.1) is 0 Å². The van der Waals surface area contributed by atoms with E-state index in [9.17, 15) is 9.59 Å². The standard InChI is InChI=1S/C13H17NO2.H2/c1-9-5-7-10(8-6-9)14-12(16)11(15)13(2,3)4;/h5-8H,1-4H3,(H,14,16);1H. The molecule has 0 spiro atoms. The quantitative estimate of drug-likeness (QED) is 0.780. The van der Waals surface area contributed by atoms with Crippen LogP contribution in [0.1, 0.15) is 27.8 Å². The number of hydrogen-bond donors (Lipinski definition) is 1. The molecule has 1 amide bonds. The molecule has 0 saturated carbocycles. The van der Waals surface area contributed by atoms with Crippen molar-refractivity contribution in [3.63, 3.8) is 0 Å². The van der Waals surface area contributed by atoms with Crippen LogP contribution in [0, 0.1) is 12.3 Å². The summed E-state index contributed by atoms with van der Waals surface area (Å²) in [6.07, 6.45) is 0. The third-order valence-corrected chi connectivity index (χ3v) is 2.20. The van der Waals surface area contributed by atoms with Crippen molar-refractivity contribution in [3.05, 3.63) is 29.8 Å². The maximum Gasteiger partial charge on any atom is 0.292 e. The Labute approximate surface area is 97.3 Å². The van der Waals surface area contributed by atoms with E-state index in [1.165, 1.54) is 0 Å². The third kappa shape index (κ3) is 3.19. The van der Waals surface area contributed by atoms with Crippen LogP contribution in [0.4, 0.5) is 5.69 Å². The average Bonchev–Trinajstić information content (AvgIpc) is 2.19. The third-order valence-electron chi connectivity index (χ3n) is 2.20. The lowest BCUT2D eigenvalue weighted by molar-refractivity contribution is -0.139. The zero-order valence-corrected chi connectivity index (χ0v) is 10.1. The van der Waals surface area contributed by atoms with Crippen molar-refractivity contribution in [1.82, 2.24) is 0 Å².